The molecule has 1 aliphatic heterocycles. The summed E-state index contributed by atoms with van der Waals surface area (Å²) in [5.74, 6) is 0.471. The number of carbonyl (C=O) groups excluding carboxylic acids is 2. The third-order valence-electron chi connectivity index (χ3n) is 5.07. The summed E-state index contributed by atoms with van der Waals surface area (Å²) in [7, 11) is 0. The molecule has 0 spiro atoms. The number of hydrogen-bond acceptors (Lipinski definition) is 4. The van der Waals surface area contributed by atoms with Crippen LogP contribution in [-0.2, 0) is 9.59 Å². The number of imide groups is 1. The summed E-state index contributed by atoms with van der Waals surface area (Å²) < 4.78 is 5.74. The number of carbonyl (C=O) groups is 2. The zero-order valence-corrected chi connectivity index (χ0v) is 18.0. The van der Waals surface area contributed by atoms with Crippen LogP contribution in [0.25, 0.3) is 5.57 Å². The Morgan fingerprint density at radius 1 is 1.07 bits per heavy atom. The van der Waals surface area contributed by atoms with Gasteiger partial charge in [-0.25, -0.2) is 0 Å². The Balaban J connectivity index is 2.01. The number of anilines is 1. The lowest BCUT2D eigenvalue weighted by atomic mass is 10.0. The minimum absolute atomic E-state index is 0.161. The molecule has 0 saturated carbocycles. The normalized spacial score (nSPS) is 14.0. The Hall–Kier alpha value is -3.34. The predicted octanol–water partition coefficient (Wildman–Crippen LogP) is 4.72. The van der Waals surface area contributed by atoms with Gasteiger partial charge >= 0.3 is 0 Å². The molecule has 1 heterocycles. The highest BCUT2D eigenvalue weighted by molar-refractivity contribution is 6.36. The number of hydrogen-bond donors (Lipinski definition) is 1. The molecule has 0 bridgehead atoms. The van der Waals surface area contributed by atoms with E-state index in [0.717, 1.165) is 22.6 Å². The molecule has 0 fully saturated rings. The predicted molar refractivity (Wildman–Crippen MR) is 120 cm³/mol. The molecule has 2 aromatic rings. The number of rotatable bonds is 8. The molecule has 2 amide bonds. The van der Waals surface area contributed by atoms with Gasteiger partial charge in [-0.2, -0.15) is 0 Å². The first-order valence-corrected chi connectivity index (χ1v) is 10.1. The summed E-state index contributed by atoms with van der Waals surface area (Å²) >= 11 is 0. The lowest BCUT2D eigenvalue weighted by Crippen LogP contribution is -2.32. The molecule has 2 aromatic carbocycles. The Labute approximate surface area is 178 Å². The van der Waals surface area contributed by atoms with E-state index in [2.05, 4.69) is 25.7 Å². The molecule has 0 radical (unpaired) electrons. The van der Waals surface area contributed by atoms with E-state index in [9.17, 15) is 9.59 Å². The number of nitrogens with one attached hydrogen (secondary N) is 1. The molecule has 30 heavy (non-hydrogen) atoms. The minimum Gasteiger partial charge on any atom is -0.493 e. The summed E-state index contributed by atoms with van der Waals surface area (Å²) in [6.07, 6.45) is 1.55. The van der Waals surface area contributed by atoms with Crippen molar-refractivity contribution in [3.05, 3.63) is 77.5 Å². The van der Waals surface area contributed by atoms with Gasteiger partial charge < -0.3 is 10.1 Å². The minimum atomic E-state index is -0.351. The van der Waals surface area contributed by atoms with E-state index in [4.69, 9.17) is 4.74 Å². The van der Waals surface area contributed by atoms with E-state index in [0.29, 0.717) is 23.7 Å². The van der Waals surface area contributed by atoms with Crippen molar-refractivity contribution in [3.63, 3.8) is 0 Å². The second kappa shape index (κ2) is 8.99. The van der Waals surface area contributed by atoms with Crippen LogP contribution in [0.5, 0.6) is 5.75 Å². The average Bonchev–Trinajstić information content (AvgIpc) is 2.95. The van der Waals surface area contributed by atoms with Crippen molar-refractivity contribution < 1.29 is 14.3 Å². The zero-order valence-electron chi connectivity index (χ0n) is 18.0. The van der Waals surface area contributed by atoms with Gasteiger partial charge in [0.2, 0.25) is 0 Å². The van der Waals surface area contributed by atoms with Crippen LogP contribution >= 0.6 is 0 Å². The van der Waals surface area contributed by atoms with E-state index in [-0.39, 0.29) is 24.1 Å². The summed E-state index contributed by atoms with van der Waals surface area (Å²) in [6.45, 7) is 12.6. The zero-order chi connectivity index (χ0) is 21.8. The molecule has 1 aliphatic rings. The Morgan fingerprint density at radius 2 is 1.77 bits per heavy atom. The molecule has 5 heteroatoms. The maximum atomic E-state index is 13.1. The van der Waals surface area contributed by atoms with Gasteiger partial charge in [-0.1, -0.05) is 44.2 Å². The van der Waals surface area contributed by atoms with E-state index >= 15 is 0 Å². The molecule has 5 nitrogen and oxygen atoms in total. The van der Waals surface area contributed by atoms with E-state index in [1.54, 1.807) is 6.08 Å². The second-order valence-electron chi connectivity index (χ2n) is 7.86. The van der Waals surface area contributed by atoms with Crippen molar-refractivity contribution in [1.29, 1.82) is 0 Å². The molecule has 0 unspecified atom stereocenters. The first kappa shape index (κ1) is 21.4. The maximum Gasteiger partial charge on any atom is 0.278 e. The first-order valence-electron chi connectivity index (χ1n) is 10.1. The summed E-state index contributed by atoms with van der Waals surface area (Å²) in [5.41, 5.74) is 4.26. The van der Waals surface area contributed by atoms with Gasteiger partial charge in [-0.05, 0) is 54.7 Å². The Morgan fingerprint density at radius 3 is 2.40 bits per heavy atom. The summed E-state index contributed by atoms with van der Waals surface area (Å²) in [6, 6.07) is 13.1. The molecule has 0 aliphatic carbocycles. The molecule has 1 N–H and O–H groups in total. The van der Waals surface area contributed by atoms with Crippen LogP contribution in [0.3, 0.4) is 0 Å². The highest BCUT2D eigenvalue weighted by Gasteiger charge is 2.38. The Kier molecular flexibility index (Phi) is 6.40. The van der Waals surface area contributed by atoms with Crippen LogP contribution < -0.4 is 10.1 Å². The van der Waals surface area contributed by atoms with Crippen molar-refractivity contribution in [2.45, 2.75) is 27.7 Å². The summed E-state index contributed by atoms with van der Waals surface area (Å²) in [4.78, 5) is 27.3. The number of ether oxygens (including phenoxy) is 1. The molecule has 0 atom stereocenters. The number of aryl methyl sites for hydroxylation is 1. The van der Waals surface area contributed by atoms with Gasteiger partial charge in [0.05, 0.1) is 12.2 Å². The largest absolute Gasteiger partial charge is 0.493 e. The van der Waals surface area contributed by atoms with Gasteiger partial charge in [-0.15, -0.1) is 6.58 Å². The Bertz CT molecular complexity index is 1000. The highest BCUT2D eigenvalue weighted by atomic mass is 16.5. The standard InChI is InChI=1S/C25H28N2O3/c1-6-14-27-24(28)22(19-10-12-20(13-11-19)30-15-16(2)3)23(25(27)29)26-21-9-7-8-17(4)18(21)5/h6-13,16,26H,1,14-15H2,2-5H3. The van der Waals surface area contributed by atoms with E-state index in [1.807, 2.05) is 56.3 Å². The van der Waals surface area contributed by atoms with Crippen LogP contribution in [0.4, 0.5) is 5.69 Å². The molecular weight excluding hydrogens is 376 g/mol. The molecule has 0 saturated heterocycles. The van der Waals surface area contributed by atoms with Gasteiger partial charge in [0.25, 0.3) is 11.8 Å². The van der Waals surface area contributed by atoms with Gasteiger partial charge in [-0.3, -0.25) is 14.5 Å². The smallest absolute Gasteiger partial charge is 0.278 e. The van der Waals surface area contributed by atoms with Gasteiger partial charge in [0, 0.05) is 12.2 Å². The van der Waals surface area contributed by atoms with Gasteiger partial charge in [0.15, 0.2) is 0 Å². The van der Waals surface area contributed by atoms with Gasteiger partial charge in [0.1, 0.15) is 11.4 Å². The van der Waals surface area contributed by atoms with Crippen molar-refractivity contribution in [2.75, 3.05) is 18.5 Å². The molecule has 0 aromatic heterocycles. The van der Waals surface area contributed by atoms with E-state index < -0.39 is 0 Å². The monoisotopic (exact) mass is 404 g/mol. The number of benzene rings is 2. The molecular formula is C25H28N2O3. The van der Waals surface area contributed by atoms with E-state index in [1.165, 1.54) is 4.90 Å². The van der Waals surface area contributed by atoms with Crippen molar-refractivity contribution >= 4 is 23.1 Å². The third kappa shape index (κ3) is 4.30. The molecule has 156 valence electrons. The molecule has 3 rings (SSSR count). The fourth-order valence-electron chi connectivity index (χ4n) is 3.26. The lowest BCUT2D eigenvalue weighted by Gasteiger charge is -2.14. The second-order valence-corrected chi connectivity index (χ2v) is 7.86. The van der Waals surface area contributed by atoms with Crippen molar-refractivity contribution in [2.24, 2.45) is 5.92 Å². The maximum absolute atomic E-state index is 13.1. The average molecular weight is 405 g/mol. The van der Waals surface area contributed by atoms with Crippen LogP contribution in [0.1, 0.15) is 30.5 Å². The van der Waals surface area contributed by atoms with Crippen LogP contribution in [0, 0.1) is 19.8 Å². The number of amides is 2. The highest BCUT2D eigenvalue weighted by Crippen LogP contribution is 2.32. The van der Waals surface area contributed by atoms with Crippen LogP contribution in [0.15, 0.2) is 60.8 Å². The lowest BCUT2D eigenvalue weighted by molar-refractivity contribution is -0.136. The van der Waals surface area contributed by atoms with Crippen LogP contribution in [0.2, 0.25) is 0 Å². The topological polar surface area (TPSA) is 58.6 Å². The quantitative estimate of drug-likeness (QED) is 0.511. The fraction of sp³-hybridized carbons (Fsp3) is 0.280. The fourth-order valence-corrected chi connectivity index (χ4v) is 3.26. The SMILES string of the molecule is C=CCN1C(=O)C(Nc2cccc(C)c2C)=C(c2ccc(OCC(C)C)cc2)C1=O. The first-order chi connectivity index (χ1) is 14.3. The third-order valence-corrected chi connectivity index (χ3v) is 5.07. The van der Waals surface area contributed by atoms with Crippen molar-refractivity contribution in [3.8, 4) is 5.75 Å². The van der Waals surface area contributed by atoms with Crippen molar-refractivity contribution in [1.82, 2.24) is 4.90 Å². The summed E-state index contributed by atoms with van der Waals surface area (Å²) in [5, 5.41) is 3.22. The number of nitrogens with zero attached hydrogens (tertiary/aromatic N) is 1. The van der Waals surface area contributed by atoms with Crippen LogP contribution in [-0.4, -0.2) is 29.9 Å².